The second-order valence-corrected chi connectivity index (χ2v) is 3.66. The molecule has 16 heavy (non-hydrogen) atoms. The Bertz CT molecular complexity index is 430. The molecule has 0 fully saturated rings. The number of carboxylic acid groups (broad SMARTS) is 1. The van der Waals surface area contributed by atoms with Crippen LogP contribution in [0.4, 0.5) is 0 Å². The van der Waals surface area contributed by atoms with Crippen molar-refractivity contribution < 1.29 is 19.7 Å². The number of fused-ring (bicyclic) bond motifs is 1. The van der Waals surface area contributed by atoms with E-state index in [1.807, 2.05) is 0 Å². The summed E-state index contributed by atoms with van der Waals surface area (Å²) >= 11 is 0. The summed E-state index contributed by atoms with van der Waals surface area (Å²) in [7, 11) is 1.47. The van der Waals surface area contributed by atoms with E-state index in [4.69, 9.17) is 9.84 Å². The molecular formula is C11H13NO4. The first-order valence-electron chi connectivity index (χ1n) is 5.00. The maximum absolute atomic E-state index is 11.0. The molecule has 3 N–H and O–H groups in total. The molecule has 0 aromatic heterocycles. The molecular weight excluding hydrogens is 210 g/mol. The lowest BCUT2D eigenvalue weighted by Gasteiger charge is -2.25. The van der Waals surface area contributed by atoms with Gasteiger partial charge < -0.3 is 20.3 Å². The molecule has 1 aromatic rings. The summed E-state index contributed by atoms with van der Waals surface area (Å²) in [5, 5.41) is 21.8. The van der Waals surface area contributed by atoms with Gasteiger partial charge in [0.1, 0.15) is 6.04 Å². The molecule has 1 unspecified atom stereocenters. The van der Waals surface area contributed by atoms with Crippen molar-refractivity contribution >= 4 is 5.97 Å². The third-order valence-electron chi connectivity index (χ3n) is 2.78. The molecule has 86 valence electrons. The second-order valence-electron chi connectivity index (χ2n) is 3.66. The third-order valence-corrected chi connectivity index (χ3v) is 2.78. The van der Waals surface area contributed by atoms with Crippen LogP contribution in [0.25, 0.3) is 0 Å². The fourth-order valence-corrected chi connectivity index (χ4v) is 2.00. The SMILES string of the molecule is COc1ccc2c(c1O)CCNC2C(=O)O. The molecule has 0 spiro atoms. The average Bonchev–Trinajstić information content (AvgIpc) is 2.29. The van der Waals surface area contributed by atoms with Gasteiger partial charge in [-0.25, -0.2) is 0 Å². The van der Waals surface area contributed by atoms with E-state index in [0.717, 1.165) is 0 Å². The van der Waals surface area contributed by atoms with Crippen molar-refractivity contribution in [2.45, 2.75) is 12.5 Å². The summed E-state index contributed by atoms with van der Waals surface area (Å²) in [6.07, 6.45) is 0.599. The minimum absolute atomic E-state index is 0.0488. The van der Waals surface area contributed by atoms with Crippen LogP contribution in [0, 0.1) is 0 Å². The van der Waals surface area contributed by atoms with E-state index in [0.29, 0.717) is 29.8 Å². The van der Waals surface area contributed by atoms with Gasteiger partial charge in [-0.1, -0.05) is 6.07 Å². The predicted octanol–water partition coefficient (Wildman–Crippen LogP) is 0.672. The molecule has 0 amide bonds. The van der Waals surface area contributed by atoms with Crippen LogP contribution < -0.4 is 10.1 Å². The van der Waals surface area contributed by atoms with E-state index in [1.54, 1.807) is 12.1 Å². The van der Waals surface area contributed by atoms with Gasteiger partial charge in [-0.2, -0.15) is 0 Å². The van der Waals surface area contributed by atoms with Crippen molar-refractivity contribution in [3.05, 3.63) is 23.3 Å². The molecule has 1 aliphatic heterocycles. The van der Waals surface area contributed by atoms with Gasteiger partial charge in [0.15, 0.2) is 11.5 Å². The molecule has 1 atom stereocenters. The minimum Gasteiger partial charge on any atom is -0.504 e. The molecule has 0 saturated heterocycles. The van der Waals surface area contributed by atoms with Gasteiger partial charge in [-0.15, -0.1) is 0 Å². The smallest absolute Gasteiger partial charge is 0.325 e. The highest BCUT2D eigenvalue weighted by Crippen LogP contribution is 2.36. The lowest BCUT2D eigenvalue weighted by Crippen LogP contribution is -2.35. The topological polar surface area (TPSA) is 78.8 Å². The average molecular weight is 223 g/mol. The Morgan fingerprint density at radius 1 is 1.56 bits per heavy atom. The van der Waals surface area contributed by atoms with Gasteiger partial charge in [-0.3, -0.25) is 4.79 Å². The maximum atomic E-state index is 11.0. The highest BCUT2D eigenvalue weighted by Gasteiger charge is 2.28. The number of aliphatic carboxylic acids is 1. The van der Waals surface area contributed by atoms with E-state index in [9.17, 15) is 9.90 Å². The summed E-state index contributed by atoms with van der Waals surface area (Å²) in [5.41, 5.74) is 1.27. The Morgan fingerprint density at radius 2 is 2.31 bits per heavy atom. The molecule has 1 aromatic carbocycles. The second kappa shape index (κ2) is 4.02. The number of phenolic OH excluding ortho intramolecular Hbond substituents is 1. The van der Waals surface area contributed by atoms with Crippen LogP contribution in [0.2, 0.25) is 0 Å². The standard InChI is InChI=1S/C11H13NO4/c1-16-8-3-2-6-7(10(8)13)4-5-12-9(6)11(14)15/h2-3,9,12-13H,4-5H2,1H3,(H,14,15). The van der Waals surface area contributed by atoms with Crippen molar-refractivity contribution in [2.24, 2.45) is 0 Å². The first kappa shape index (κ1) is 10.8. The number of phenols is 1. The quantitative estimate of drug-likeness (QED) is 0.687. The highest BCUT2D eigenvalue weighted by molar-refractivity contribution is 5.77. The van der Waals surface area contributed by atoms with Gasteiger partial charge in [0.25, 0.3) is 0 Å². The van der Waals surface area contributed by atoms with Gasteiger partial charge in [0.05, 0.1) is 7.11 Å². The van der Waals surface area contributed by atoms with E-state index in [1.165, 1.54) is 7.11 Å². The molecule has 0 saturated carbocycles. The van der Waals surface area contributed by atoms with Crippen molar-refractivity contribution in [1.82, 2.24) is 5.32 Å². The molecule has 5 nitrogen and oxygen atoms in total. The first-order chi connectivity index (χ1) is 7.65. The van der Waals surface area contributed by atoms with Crippen molar-refractivity contribution in [1.29, 1.82) is 0 Å². The van der Waals surface area contributed by atoms with Gasteiger partial charge >= 0.3 is 5.97 Å². The molecule has 2 rings (SSSR count). The van der Waals surface area contributed by atoms with Crippen LogP contribution in [-0.2, 0) is 11.2 Å². The zero-order valence-corrected chi connectivity index (χ0v) is 8.86. The molecule has 1 aliphatic rings. The number of rotatable bonds is 2. The number of hydrogen-bond acceptors (Lipinski definition) is 4. The summed E-state index contributed by atoms with van der Waals surface area (Å²) in [4.78, 5) is 11.0. The van der Waals surface area contributed by atoms with Crippen LogP contribution in [-0.4, -0.2) is 29.8 Å². The Morgan fingerprint density at radius 3 is 2.94 bits per heavy atom. The number of ether oxygens (including phenoxy) is 1. The molecule has 5 heteroatoms. The maximum Gasteiger partial charge on any atom is 0.325 e. The van der Waals surface area contributed by atoms with E-state index in [-0.39, 0.29) is 5.75 Å². The molecule has 1 heterocycles. The number of benzene rings is 1. The Kier molecular flexibility index (Phi) is 2.70. The van der Waals surface area contributed by atoms with Crippen LogP contribution in [0.1, 0.15) is 17.2 Å². The fraction of sp³-hybridized carbons (Fsp3) is 0.364. The van der Waals surface area contributed by atoms with E-state index < -0.39 is 12.0 Å². The summed E-state index contributed by atoms with van der Waals surface area (Å²) in [6, 6.07) is 2.51. The number of nitrogens with one attached hydrogen (secondary N) is 1. The molecule has 0 aliphatic carbocycles. The van der Waals surface area contributed by atoms with Crippen molar-refractivity contribution in [3.8, 4) is 11.5 Å². The van der Waals surface area contributed by atoms with Gasteiger partial charge in [0, 0.05) is 12.1 Å². The minimum atomic E-state index is -0.939. The normalized spacial score (nSPS) is 18.9. The largest absolute Gasteiger partial charge is 0.504 e. The monoisotopic (exact) mass is 223 g/mol. The fourth-order valence-electron chi connectivity index (χ4n) is 2.00. The molecule has 0 bridgehead atoms. The Balaban J connectivity index is 2.51. The van der Waals surface area contributed by atoms with Crippen LogP contribution in [0.3, 0.4) is 0 Å². The number of methoxy groups -OCH3 is 1. The summed E-state index contributed by atoms with van der Waals surface area (Å²) in [5.74, 6) is -0.511. The first-order valence-corrected chi connectivity index (χ1v) is 5.00. The number of carbonyl (C=O) groups is 1. The highest BCUT2D eigenvalue weighted by atomic mass is 16.5. The van der Waals surface area contributed by atoms with E-state index >= 15 is 0 Å². The van der Waals surface area contributed by atoms with Crippen molar-refractivity contribution in [3.63, 3.8) is 0 Å². The van der Waals surface area contributed by atoms with Gasteiger partial charge in [-0.05, 0) is 18.1 Å². The molecule has 0 radical (unpaired) electrons. The number of aromatic hydroxyl groups is 1. The van der Waals surface area contributed by atoms with Crippen LogP contribution >= 0.6 is 0 Å². The van der Waals surface area contributed by atoms with Gasteiger partial charge in [0.2, 0.25) is 0 Å². The van der Waals surface area contributed by atoms with Crippen molar-refractivity contribution in [2.75, 3.05) is 13.7 Å². The lowest BCUT2D eigenvalue weighted by molar-refractivity contribution is -0.139. The Labute approximate surface area is 92.7 Å². The summed E-state index contributed by atoms with van der Waals surface area (Å²) in [6.45, 7) is 0.532. The Hall–Kier alpha value is -1.75. The third kappa shape index (κ3) is 1.59. The van der Waals surface area contributed by atoms with Crippen LogP contribution in [0.15, 0.2) is 12.1 Å². The zero-order valence-electron chi connectivity index (χ0n) is 8.86. The summed E-state index contributed by atoms with van der Waals surface area (Å²) < 4.78 is 4.99. The van der Waals surface area contributed by atoms with E-state index in [2.05, 4.69) is 5.32 Å². The zero-order chi connectivity index (χ0) is 11.7. The van der Waals surface area contributed by atoms with Crippen LogP contribution in [0.5, 0.6) is 11.5 Å². The number of carboxylic acids is 1. The predicted molar refractivity (Wildman–Crippen MR) is 56.7 cm³/mol. The number of hydrogen-bond donors (Lipinski definition) is 3. The lowest BCUT2D eigenvalue weighted by atomic mass is 9.93.